The number of ether oxygens (including phenoxy) is 1. The SMILES string of the molecule is CCCC(C)(NC(=O)Cc1ccccc1OC(C)C)C(=O)O. The van der Waals surface area contributed by atoms with Gasteiger partial charge in [0.1, 0.15) is 11.3 Å². The molecule has 1 aromatic carbocycles. The van der Waals surface area contributed by atoms with Gasteiger partial charge in [-0.25, -0.2) is 4.79 Å². The summed E-state index contributed by atoms with van der Waals surface area (Å²) in [5, 5.41) is 11.9. The second kappa shape index (κ2) is 7.82. The molecule has 0 saturated heterocycles. The number of benzene rings is 1. The van der Waals surface area contributed by atoms with E-state index in [2.05, 4.69) is 5.32 Å². The first-order valence-electron chi connectivity index (χ1n) is 7.57. The van der Waals surface area contributed by atoms with E-state index in [1.54, 1.807) is 0 Å². The van der Waals surface area contributed by atoms with Gasteiger partial charge in [-0.3, -0.25) is 4.79 Å². The summed E-state index contributed by atoms with van der Waals surface area (Å²) in [6.07, 6.45) is 1.16. The predicted octanol–water partition coefficient (Wildman–Crippen LogP) is 2.78. The lowest BCUT2D eigenvalue weighted by molar-refractivity contribution is -0.147. The quantitative estimate of drug-likeness (QED) is 0.774. The molecule has 1 unspecified atom stereocenters. The molecule has 0 aliphatic carbocycles. The van der Waals surface area contributed by atoms with Crippen molar-refractivity contribution < 1.29 is 19.4 Å². The maximum absolute atomic E-state index is 12.2. The van der Waals surface area contributed by atoms with E-state index in [9.17, 15) is 14.7 Å². The lowest BCUT2D eigenvalue weighted by Crippen LogP contribution is -2.52. The molecule has 2 N–H and O–H groups in total. The third-order valence-corrected chi connectivity index (χ3v) is 3.32. The van der Waals surface area contributed by atoms with E-state index < -0.39 is 11.5 Å². The molecule has 0 aliphatic heterocycles. The molecular formula is C17H25NO4. The number of amides is 1. The van der Waals surface area contributed by atoms with Crippen LogP contribution in [0.2, 0.25) is 0 Å². The molecule has 0 radical (unpaired) electrons. The molecule has 0 fully saturated rings. The minimum absolute atomic E-state index is 0.00795. The lowest BCUT2D eigenvalue weighted by Gasteiger charge is -2.26. The van der Waals surface area contributed by atoms with Crippen molar-refractivity contribution in [2.45, 2.75) is 58.6 Å². The predicted molar refractivity (Wildman–Crippen MR) is 85.0 cm³/mol. The lowest BCUT2D eigenvalue weighted by atomic mass is 9.95. The van der Waals surface area contributed by atoms with Crippen molar-refractivity contribution in [3.05, 3.63) is 29.8 Å². The fraction of sp³-hybridized carbons (Fsp3) is 0.529. The van der Waals surface area contributed by atoms with Crippen LogP contribution in [0.1, 0.15) is 46.1 Å². The van der Waals surface area contributed by atoms with E-state index >= 15 is 0 Å². The second-order valence-electron chi connectivity index (χ2n) is 5.89. The largest absolute Gasteiger partial charge is 0.491 e. The number of hydrogen-bond donors (Lipinski definition) is 2. The molecule has 5 nitrogen and oxygen atoms in total. The molecule has 1 aromatic rings. The van der Waals surface area contributed by atoms with Crippen LogP contribution in [0.4, 0.5) is 0 Å². The van der Waals surface area contributed by atoms with Gasteiger partial charge in [0.2, 0.25) is 5.91 Å². The van der Waals surface area contributed by atoms with Gasteiger partial charge in [-0.15, -0.1) is 0 Å². The monoisotopic (exact) mass is 307 g/mol. The fourth-order valence-corrected chi connectivity index (χ4v) is 2.27. The van der Waals surface area contributed by atoms with Gasteiger partial charge in [0.05, 0.1) is 12.5 Å². The van der Waals surface area contributed by atoms with E-state index in [4.69, 9.17) is 4.74 Å². The van der Waals surface area contributed by atoms with E-state index in [0.29, 0.717) is 18.6 Å². The number of hydrogen-bond acceptors (Lipinski definition) is 3. The highest BCUT2D eigenvalue weighted by Gasteiger charge is 2.33. The topological polar surface area (TPSA) is 75.6 Å². The summed E-state index contributed by atoms with van der Waals surface area (Å²) < 4.78 is 5.67. The first kappa shape index (κ1) is 18.0. The first-order valence-corrected chi connectivity index (χ1v) is 7.57. The van der Waals surface area contributed by atoms with E-state index in [-0.39, 0.29) is 18.4 Å². The molecule has 5 heteroatoms. The Kier molecular flexibility index (Phi) is 6.40. The number of rotatable bonds is 8. The van der Waals surface area contributed by atoms with Crippen LogP contribution in [0.15, 0.2) is 24.3 Å². The molecule has 0 spiro atoms. The number of carboxylic acid groups (broad SMARTS) is 1. The van der Waals surface area contributed by atoms with Crippen molar-refractivity contribution in [2.75, 3.05) is 0 Å². The molecule has 0 saturated carbocycles. The highest BCUT2D eigenvalue weighted by molar-refractivity contribution is 5.87. The van der Waals surface area contributed by atoms with Gasteiger partial charge >= 0.3 is 5.97 Å². The summed E-state index contributed by atoms with van der Waals surface area (Å²) >= 11 is 0. The van der Waals surface area contributed by atoms with Crippen molar-refractivity contribution in [1.82, 2.24) is 5.32 Å². The number of nitrogens with one attached hydrogen (secondary N) is 1. The Labute approximate surface area is 131 Å². The minimum atomic E-state index is -1.24. The highest BCUT2D eigenvalue weighted by atomic mass is 16.5. The van der Waals surface area contributed by atoms with Gasteiger partial charge in [-0.2, -0.15) is 0 Å². The fourth-order valence-electron chi connectivity index (χ4n) is 2.27. The molecule has 1 atom stereocenters. The smallest absolute Gasteiger partial charge is 0.329 e. The molecule has 22 heavy (non-hydrogen) atoms. The van der Waals surface area contributed by atoms with Crippen molar-refractivity contribution >= 4 is 11.9 Å². The maximum Gasteiger partial charge on any atom is 0.329 e. The summed E-state index contributed by atoms with van der Waals surface area (Å²) in [6, 6.07) is 7.30. The van der Waals surface area contributed by atoms with Gasteiger partial charge in [-0.05, 0) is 33.3 Å². The van der Waals surface area contributed by atoms with Crippen LogP contribution >= 0.6 is 0 Å². The summed E-state index contributed by atoms with van der Waals surface area (Å²) in [4.78, 5) is 23.6. The molecule has 0 aromatic heterocycles. The molecule has 122 valence electrons. The molecular weight excluding hydrogens is 282 g/mol. The van der Waals surface area contributed by atoms with E-state index in [1.165, 1.54) is 6.92 Å². The Morgan fingerprint density at radius 1 is 1.32 bits per heavy atom. The average Bonchev–Trinajstić information content (AvgIpc) is 2.40. The molecule has 0 heterocycles. The second-order valence-corrected chi connectivity index (χ2v) is 5.89. The molecule has 1 rings (SSSR count). The van der Waals surface area contributed by atoms with Gasteiger partial charge in [-0.1, -0.05) is 31.5 Å². The summed E-state index contributed by atoms with van der Waals surface area (Å²) in [5.41, 5.74) is -0.488. The Morgan fingerprint density at radius 2 is 1.95 bits per heavy atom. The standard InChI is InChI=1S/C17H25NO4/c1-5-10-17(4,16(20)21)18-15(19)11-13-8-6-7-9-14(13)22-12(2)3/h6-9,12H,5,10-11H2,1-4H3,(H,18,19)(H,20,21). The van der Waals surface area contributed by atoms with E-state index in [0.717, 1.165) is 5.56 Å². The number of carbonyl (C=O) groups excluding carboxylic acids is 1. The number of para-hydroxylation sites is 1. The van der Waals surface area contributed by atoms with Gasteiger partial charge in [0.25, 0.3) is 0 Å². The van der Waals surface area contributed by atoms with Crippen LogP contribution in [0, 0.1) is 0 Å². The third-order valence-electron chi connectivity index (χ3n) is 3.32. The van der Waals surface area contributed by atoms with Gasteiger partial charge in [0, 0.05) is 5.56 Å². The third kappa shape index (κ3) is 5.06. The van der Waals surface area contributed by atoms with Crippen molar-refractivity contribution in [1.29, 1.82) is 0 Å². The van der Waals surface area contributed by atoms with Crippen LogP contribution in [-0.2, 0) is 16.0 Å². The molecule has 1 amide bonds. The zero-order chi connectivity index (χ0) is 16.8. The molecule has 0 bridgehead atoms. The zero-order valence-electron chi connectivity index (χ0n) is 13.7. The Morgan fingerprint density at radius 3 is 2.50 bits per heavy atom. The Hall–Kier alpha value is -2.04. The van der Waals surface area contributed by atoms with E-state index in [1.807, 2.05) is 45.0 Å². The maximum atomic E-state index is 12.2. The summed E-state index contributed by atoms with van der Waals surface area (Å²) in [6.45, 7) is 7.26. The Bertz CT molecular complexity index is 527. The molecule has 0 aliphatic rings. The summed E-state index contributed by atoms with van der Waals surface area (Å²) in [5.74, 6) is -0.687. The van der Waals surface area contributed by atoms with Crippen LogP contribution in [0.5, 0.6) is 5.75 Å². The van der Waals surface area contributed by atoms with Crippen molar-refractivity contribution in [3.8, 4) is 5.75 Å². The van der Waals surface area contributed by atoms with Crippen LogP contribution in [-0.4, -0.2) is 28.6 Å². The van der Waals surface area contributed by atoms with Crippen molar-refractivity contribution in [2.24, 2.45) is 0 Å². The van der Waals surface area contributed by atoms with Crippen LogP contribution in [0.3, 0.4) is 0 Å². The summed E-state index contributed by atoms with van der Waals surface area (Å²) in [7, 11) is 0. The number of carboxylic acids is 1. The van der Waals surface area contributed by atoms with Crippen LogP contribution in [0.25, 0.3) is 0 Å². The zero-order valence-corrected chi connectivity index (χ0v) is 13.7. The number of carbonyl (C=O) groups is 2. The van der Waals surface area contributed by atoms with Gasteiger partial charge in [0.15, 0.2) is 0 Å². The Balaban J connectivity index is 2.82. The average molecular weight is 307 g/mol. The van der Waals surface area contributed by atoms with Crippen LogP contribution < -0.4 is 10.1 Å². The highest BCUT2D eigenvalue weighted by Crippen LogP contribution is 2.21. The normalized spacial score (nSPS) is 13.5. The van der Waals surface area contributed by atoms with Crippen molar-refractivity contribution in [3.63, 3.8) is 0 Å². The van der Waals surface area contributed by atoms with Gasteiger partial charge < -0.3 is 15.2 Å². The minimum Gasteiger partial charge on any atom is -0.491 e. The first-order chi connectivity index (χ1) is 10.3. The number of aliphatic carboxylic acids is 1.